The molecule has 150 valence electrons. The van der Waals surface area contributed by atoms with Crippen LogP contribution in [0.15, 0.2) is 60.7 Å². The number of thioether (sulfide) groups is 1. The zero-order valence-corrected chi connectivity index (χ0v) is 17.7. The topological polar surface area (TPSA) is 35.6 Å². The second-order valence-corrected chi connectivity index (χ2v) is 8.78. The number of nitrogens with one attached hydrogen (secondary N) is 1. The molecule has 1 amide bonds. The zero-order chi connectivity index (χ0) is 19.8. The van der Waals surface area contributed by atoms with Gasteiger partial charge in [0.05, 0.1) is 5.25 Å². The normalized spacial score (nSPS) is 19.3. The molecule has 0 bridgehead atoms. The van der Waals surface area contributed by atoms with E-state index in [2.05, 4.69) is 64.6 Å². The van der Waals surface area contributed by atoms with Crippen LogP contribution in [0.2, 0.25) is 0 Å². The van der Waals surface area contributed by atoms with Crippen molar-refractivity contribution < 1.29 is 4.79 Å². The second kappa shape index (κ2) is 10.6. The van der Waals surface area contributed by atoms with Crippen LogP contribution in [-0.4, -0.2) is 60.7 Å². The fraction of sp³-hybridized carbons (Fsp3) is 0.435. The summed E-state index contributed by atoms with van der Waals surface area (Å²) in [5.41, 5.74) is 2.61. The molecular formula is C23H31N3OS. The van der Waals surface area contributed by atoms with Gasteiger partial charge in [0.2, 0.25) is 5.91 Å². The van der Waals surface area contributed by atoms with Gasteiger partial charge in [0.15, 0.2) is 0 Å². The lowest BCUT2D eigenvalue weighted by Gasteiger charge is -2.40. The summed E-state index contributed by atoms with van der Waals surface area (Å²) in [6.07, 6.45) is 0. The zero-order valence-electron chi connectivity index (χ0n) is 16.9. The van der Waals surface area contributed by atoms with Crippen molar-refractivity contribution in [2.75, 3.05) is 39.8 Å². The van der Waals surface area contributed by atoms with Gasteiger partial charge in [-0.1, -0.05) is 60.7 Å². The standard InChI is InChI=1S/C23H31N3OS/c1-19(28-18-20-9-5-3-6-10-20)23(27)24-13-14-26-16-15-25(2)17-22(26)21-11-7-4-8-12-21/h3-12,19,22H,13-18H2,1-2H3,(H,24,27). The third kappa shape index (κ3) is 6.09. The first-order chi connectivity index (χ1) is 13.6. The first kappa shape index (κ1) is 20.9. The number of nitrogens with zero attached hydrogens (tertiary/aromatic N) is 2. The molecule has 1 heterocycles. The maximum Gasteiger partial charge on any atom is 0.232 e. The van der Waals surface area contributed by atoms with Crippen LogP contribution in [0.1, 0.15) is 24.1 Å². The van der Waals surface area contributed by atoms with Gasteiger partial charge in [0.25, 0.3) is 0 Å². The molecule has 1 saturated heterocycles. The van der Waals surface area contributed by atoms with E-state index in [1.54, 1.807) is 11.8 Å². The highest BCUT2D eigenvalue weighted by molar-refractivity contribution is 7.99. The minimum absolute atomic E-state index is 0.0439. The van der Waals surface area contributed by atoms with Gasteiger partial charge in [-0.2, -0.15) is 0 Å². The number of carbonyl (C=O) groups excluding carboxylic acids is 1. The molecule has 0 spiro atoms. The number of hydrogen-bond acceptors (Lipinski definition) is 4. The van der Waals surface area contributed by atoms with Crippen molar-refractivity contribution in [1.82, 2.24) is 15.1 Å². The summed E-state index contributed by atoms with van der Waals surface area (Å²) in [5.74, 6) is 0.996. The van der Waals surface area contributed by atoms with Gasteiger partial charge in [-0.25, -0.2) is 0 Å². The molecule has 4 nitrogen and oxygen atoms in total. The van der Waals surface area contributed by atoms with E-state index < -0.39 is 0 Å². The van der Waals surface area contributed by atoms with Crippen LogP contribution in [0, 0.1) is 0 Å². The first-order valence-electron chi connectivity index (χ1n) is 10.0. The van der Waals surface area contributed by atoms with Crippen molar-refractivity contribution in [2.24, 2.45) is 0 Å². The Balaban J connectivity index is 1.45. The Morgan fingerprint density at radius 2 is 1.79 bits per heavy atom. The van der Waals surface area contributed by atoms with Crippen molar-refractivity contribution >= 4 is 17.7 Å². The lowest BCUT2D eigenvalue weighted by molar-refractivity contribution is -0.120. The van der Waals surface area contributed by atoms with Gasteiger partial charge in [0, 0.05) is 44.5 Å². The molecular weight excluding hydrogens is 366 g/mol. The Morgan fingerprint density at radius 3 is 2.50 bits per heavy atom. The Kier molecular flexibility index (Phi) is 7.95. The predicted molar refractivity (Wildman–Crippen MR) is 118 cm³/mol. The van der Waals surface area contributed by atoms with Crippen LogP contribution in [0.3, 0.4) is 0 Å². The van der Waals surface area contributed by atoms with Gasteiger partial charge in [0.1, 0.15) is 0 Å². The number of benzene rings is 2. The summed E-state index contributed by atoms with van der Waals surface area (Å²) in [5, 5.41) is 3.09. The highest BCUT2D eigenvalue weighted by atomic mass is 32.2. The minimum atomic E-state index is -0.0439. The van der Waals surface area contributed by atoms with Crippen LogP contribution >= 0.6 is 11.8 Å². The minimum Gasteiger partial charge on any atom is -0.354 e. The van der Waals surface area contributed by atoms with Gasteiger partial charge in [-0.05, 0) is 25.1 Å². The lowest BCUT2D eigenvalue weighted by atomic mass is 10.0. The fourth-order valence-electron chi connectivity index (χ4n) is 3.55. The number of likely N-dealkylation sites (N-methyl/N-ethyl adjacent to an activating group) is 1. The Bertz CT molecular complexity index is 725. The van der Waals surface area contributed by atoms with Crippen molar-refractivity contribution in [3.05, 3.63) is 71.8 Å². The van der Waals surface area contributed by atoms with E-state index in [0.717, 1.165) is 31.9 Å². The van der Waals surface area contributed by atoms with E-state index in [-0.39, 0.29) is 11.2 Å². The molecule has 0 saturated carbocycles. The second-order valence-electron chi connectivity index (χ2n) is 7.45. The average molecular weight is 398 g/mol. The molecule has 0 aliphatic carbocycles. The van der Waals surface area contributed by atoms with Crippen LogP contribution < -0.4 is 5.32 Å². The Hall–Kier alpha value is -1.82. The number of piperazine rings is 1. The third-order valence-corrected chi connectivity index (χ3v) is 6.50. The predicted octanol–water partition coefficient (Wildman–Crippen LogP) is 3.41. The summed E-state index contributed by atoms with van der Waals surface area (Å²) < 4.78 is 0. The van der Waals surface area contributed by atoms with E-state index in [0.29, 0.717) is 12.6 Å². The summed E-state index contributed by atoms with van der Waals surface area (Å²) in [6.45, 7) is 6.70. The molecule has 1 N–H and O–H groups in total. The molecule has 28 heavy (non-hydrogen) atoms. The van der Waals surface area contributed by atoms with Gasteiger partial charge < -0.3 is 10.2 Å². The number of carbonyl (C=O) groups is 1. The molecule has 0 radical (unpaired) electrons. The quantitative estimate of drug-likeness (QED) is 0.740. The van der Waals surface area contributed by atoms with E-state index in [1.165, 1.54) is 11.1 Å². The van der Waals surface area contributed by atoms with Crippen LogP contribution in [0.5, 0.6) is 0 Å². The van der Waals surface area contributed by atoms with E-state index >= 15 is 0 Å². The molecule has 2 aromatic rings. The average Bonchev–Trinajstić information content (AvgIpc) is 2.74. The molecule has 5 heteroatoms. The smallest absolute Gasteiger partial charge is 0.232 e. The molecule has 2 aromatic carbocycles. The Labute approximate surface area is 173 Å². The molecule has 3 rings (SSSR count). The van der Waals surface area contributed by atoms with E-state index in [4.69, 9.17) is 0 Å². The van der Waals surface area contributed by atoms with E-state index in [9.17, 15) is 4.79 Å². The summed E-state index contributed by atoms with van der Waals surface area (Å²) in [4.78, 5) is 17.3. The van der Waals surface area contributed by atoms with Gasteiger partial charge >= 0.3 is 0 Å². The molecule has 1 aliphatic rings. The van der Waals surface area contributed by atoms with Crippen LogP contribution in [0.4, 0.5) is 0 Å². The van der Waals surface area contributed by atoms with Crippen molar-refractivity contribution in [2.45, 2.75) is 24.0 Å². The molecule has 1 aliphatic heterocycles. The van der Waals surface area contributed by atoms with E-state index in [1.807, 2.05) is 25.1 Å². The monoisotopic (exact) mass is 397 g/mol. The number of hydrogen-bond donors (Lipinski definition) is 1. The van der Waals surface area contributed by atoms with Crippen molar-refractivity contribution in [1.29, 1.82) is 0 Å². The highest BCUT2D eigenvalue weighted by Gasteiger charge is 2.26. The number of amides is 1. The molecule has 1 fully saturated rings. The third-order valence-electron chi connectivity index (χ3n) is 5.29. The fourth-order valence-corrected chi connectivity index (χ4v) is 4.42. The van der Waals surface area contributed by atoms with Gasteiger partial charge in [-0.3, -0.25) is 9.69 Å². The summed E-state index contributed by atoms with van der Waals surface area (Å²) in [6, 6.07) is 21.4. The highest BCUT2D eigenvalue weighted by Crippen LogP contribution is 2.24. The molecule has 2 unspecified atom stereocenters. The SMILES string of the molecule is CC(SCc1ccccc1)C(=O)NCCN1CCN(C)CC1c1ccccc1. The molecule has 2 atom stereocenters. The van der Waals surface area contributed by atoms with Gasteiger partial charge in [-0.15, -0.1) is 11.8 Å². The largest absolute Gasteiger partial charge is 0.354 e. The maximum absolute atomic E-state index is 12.5. The van der Waals surface area contributed by atoms with Crippen LogP contribution in [0.25, 0.3) is 0 Å². The summed E-state index contributed by atoms with van der Waals surface area (Å²) >= 11 is 1.69. The van der Waals surface area contributed by atoms with Crippen molar-refractivity contribution in [3.8, 4) is 0 Å². The van der Waals surface area contributed by atoms with Crippen LogP contribution in [-0.2, 0) is 10.5 Å². The van der Waals surface area contributed by atoms with Crippen molar-refractivity contribution in [3.63, 3.8) is 0 Å². The molecule has 0 aromatic heterocycles. The first-order valence-corrected chi connectivity index (χ1v) is 11.1. The lowest BCUT2D eigenvalue weighted by Crippen LogP contribution is -2.49. The summed E-state index contributed by atoms with van der Waals surface area (Å²) in [7, 11) is 2.18. The Morgan fingerprint density at radius 1 is 1.11 bits per heavy atom. The maximum atomic E-state index is 12.5. The number of rotatable bonds is 8.